The third-order valence-electron chi connectivity index (χ3n) is 3.92. The number of H-pyrrole nitrogens is 1. The third-order valence-corrected chi connectivity index (χ3v) is 5.12. The summed E-state index contributed by atoms with van der Waals surface area (Å²) in [5.41, 5.74) is 5.75. The number of nitrogens with one attached hydrogen (secondary N) is 1. The average molecular weight is 390 g/mol. The number of nitrogens with two attached hydrogens (primary N) is 1. The maximum atomic E-state index is 11.9. The van der Waals surface area contributed by atoms with E-state index in [0.717, 1.165) is 0 Å². The lowest BCUT2D eigenvalue weighted by Crippen LogP contribution is -2.31. The van der Waals surface area contributed by atoms with Crippen molar-refractivity contribution in [3.8, 4) is 0 Å². The lowest BCUT2D eigenvalue weighted by atomic mass is 10.1. The minimum Gasteiger partial charge on any atom is -0.385 e. The largest absolute Gasteiger partial charge is 0.698 e. The van der Waals surface area contributed by atoms with Crippen molar-refractivity contribution in [2.24, 2.45) is 0 Å². The Kier molecular flexibility index (Phi) is 4.13. The fraction of sp³-hybridized carbons (Fsp3) is 0.455. The van der Waals surface area contributed by atoms with Crippen molar-refractivity contribution >= 4 is 33.4 Å². The van der Waals surface area contributed by atoms with Crippen LogP contribution in [0.4, 0.5) is 5.82 Å². The van der Waals surface area contributed by atoms with Gasteiger partial charge < -0.3 is 20.0 Å². The summed E-state index contributed by atoms with van der Waals surface area (Å²) in [4.78, 5) is 27.2. The van der Waals surface area contributed by atoms with Gasteiger partial charge in [0.2, 0.25) is 0 Å². The van der Waals surface area contributed by atoms with Gasteiger partial charge in [-0.3, -0.25) is 4.79 Å². The highest BCUT2D eigenvalue weighted by molar-refractivity contribution is 7.33. The Bertz CT molecular complexity index is 928. The van der Waals surface area contributed by atoms with E-state index in [0.29, 0.717) is 5.52 Å². The molecule has 14 heteroatoms. The summed E-state index contributed by atoms with van der Waals surface area (Å²) in [5, 5.41) is 0. The SMILES string of the molecule is Nc1cc2c(ncn2[C@@H]2O[C@H](CO[P+](=O)O)C3O[P+](=O)OC32)c(=O)[nH]1. The van der Waals surface area contributed by atoms with E-state index in [2.05, 4.69) is 14.5 Å². The van der Waals surface area contributed by atoms with Gasteiger partial charge in [0, 0.05) is 15.2 Å². The minimum absolute atomic E-state index is 0.139. The maximum absolute atomic E-state index is 11.9. The highest BCUT2D eigenvalue weighted by Crippen LogP contribution is 2.49. The molecule has 0 aliphatic carbocycles. The Labute approximate surface area is 140 Å². The summed E-state index contributed by atoms with van der Waals surface area (Å²) < 4.78 is 44.8. The average Bonchev–Trinajstić information content (AvgIpc) is 3.18. The van der Waals surface area contributed by atoms with Gasteiger partial charge in [-0.1, -0.05) is 0 Å². The monoisotopic (exact) mass is 390 g/mol. The number of ether oxygens (including phenoxy) is 1. The number of rotatable bonds is 4. The fourth-order valence-corrected chi connectivity index (χ4v) is 4.13. The zero-order valence-electron chi connectivity index (χ0n) is 12.3. The molecular formula is C11H12N4O8P2+2. The van der Waals surface area contributed by atoms with Crippen molar-refractivity contribution < 1.29 is 32.3 Å². The molecule has 12 nitrogen and oxygen atoms in total. The molecule has 4 unspecified atom stereocenters. The normalized spacial score (nSPS) is 30.8. The van der Waals surface area contributed by atoms with E-state index >= 15 is 0 Å². The number of fused-ring (bicyclic) bond motifs is 2. The first-order valence-corrected chi connectivity index (χ1v) is 9.27. The van der Waals surface area contributed by atoms with Crippen molar-refractivity contribution in [2.75, 3.05) is 12.3 Å². The van der Waals surface area contributed by atoms with Crippen LogP contribution in [0.15, 0.2) is 17.2 Å². The van der Waals surface area contributed by atoms with Crippen LogP contribution in [0.3, 0.4) is 0 Å². The van der Waals surface area contributed by atoms with Gasteiger partial charge in [-0.25, -0.2) is 4.98 Å². The molecule has 0 spiro atoms. The molecule has 0 aromatic carbocycles. The van der Waals surface area contributed by atoms with Crippen LogP contribution < -0.4 is 11.3 Å². The van der Waals surface area contributed by atoms with Gasteiger partial charge >= 0.3 is 16.5 Å². The Morgan fingerprint density at radius 2 is 2.24 bits per heavy atom. The van der Waals surface area contributed by atoms with Gasteiger partial charge in [-0.05, 0) is 0 Å². The van der Waals surface area contributed by atoms with Crippen LogP contribution >= 0.6 is 16.5 Å². The Hall–Kier alpha value is -1.78. The number of nitrogens with zero attached hydrogens (tertiary/aromatic N) is 2. The molecule has 25 heavy (non-hydrogen) atoms. The van der Waals surface area contributed by atoms with Crippen molar-refractivity contribution in [3.05, 3.63) is 22.7 Å². The van der Waals surface area contributed by atoms with Gasteiger partial charge in [0.1, 0.15) is 18.5 Å². The van der Waals surface area contributed by atoms with Crippen LogP contribution in [0.25, 0.3) is 11.0 Å². The number of aromatic amines is 1. The second-order valence-corrected chi connectivity index (χ2v) is 7.00. The van der Waals surface area contributed by atoms with Gasteiger partial charge in [0.15, 0.2) is 24.0 Å². The molecule has 2 saturated heterocycles. The summed E-state index contributed by atoms with van der Waals surface area (Å²) in [5.74, 6) is 0.139. The van der Waals surface area contributed by atoms with Gasteiger partial charge in [-0.15, -0.1) is 18.5 Å². The molecule has 2 aliphatic rings. The predicted molar refractivity (Wildman–Crippen MR) is 81.8 cm³/mol. The predicted octanol–water partition coefficient (Wildman–Crippen LogP) is 0.312. The summed E-state index contributed by atoms with van der Waals surface area (Å²) in [6, 6.07) is 1.51. The molecule has 0 saturated carbocycles. The zero-order valence-corrected chi connectivity index (χ0v) is 14.1. The summed E-state index contributed by atoms with van der Waals surface area (Å²) in [6.45, 7) is -0.259. The highest BCUT2D eigenvalue weighted by Gasteiger charge is 2.61. The number of nitrogen functional groups attached to an aromatic ring is 1. The van der Waals surface area contributed by atoms with Gasteiger partial charge in [0.05, 0.1) is 11.8 Å². The van der Waals surface area contributed by atoms with E-state index in [9.17, 15) is 13.9 Å². The number of hydrogen-bond acceptors (Lipinski definition) is 9. The first-order valence-electron chi connectivity index (χ1n) is 7.04. The molecule has 4 heterocycles. The highest BCUT2D eigenvalue weighted by atomic mass is 31.1. The molecule has 4 rings (SSSR count). The van der Waals surface area contributed by atoms with Crippen LogP contribution in [-0.2, 0) is 27.4 Å². The van der Waals surface area contributed by atoms with Gasteiger partial charge in [-0.2, -0.15) is 0 Å². The van der Waals surface area contributed by atoms with E-state index in [-0.39, 0.29) is 17.9 Å². The second kappa shape index (κ2) is 6.19. The van der Waals surface area contributed by atoms with Crippen LogP contribution in [0.2, 0.25) is 0 Å². The van der Waals surface area contributed by atoms with Crippen LogP contribution in [0.1, 0.15) is 6.23 Å². The van der Waals surface area contributed by atoms with Crippen molar-refractivity contribution in [3.63, 3.8) is 0 Å². The van der Waals surface area contributed by atoms with Crippen molar-refractivity contribution in [1.82, 2.24) is 14.5 Å². The van der Waals surface area contributed by atoms with Crippen LogP contribution in [0, 0.1) is 0 Å². The summed E-state index contributed by atoms with van der Waals surface area (Å²) >= 11 is 0. The van der Waals surface area contributed by atoms with E-state index < -0.39 is 46.6 Å². The number of imidazole rings is 1. The summed E-state index contributed by atoms with van der Waals surface area (Å²) in [7, 11) is -5.18. The second-order valence-electron chi connectivity index (χ2n) is 5.40. The minimum atomic E-state index is -2.82. The van der Waals surface area contributed by atoms with E-state index in [1.165, 1.54) is 17.0 Å². The number of anilines is 1. The molecular weight excluding hydrogens is 378 g/mol. The van der Waals surface area contributed by atoms with E-state index in [4.69, 9.17) is 24.4 Å². The fourth-order valence-electron chi connectivity index (χ4n) is 2.93. The standard InChI is InChI=1S/C11H10N4O8P2/c12-6-1-4-7(10(16)14-6)13-3-15(4)11-9-8(22-25(19)23-9)5(21-11)2-20-24(17)18/h1,3,5,8-9,11H,2H2,(H2-2,12,14,16,17,18)/p+2/t5-,8?,9?,11-/m1/s1. The topological polar surface area (TPSA) is 168 Å². The first kappa shape index (κ1) is 16.7. The molecule has 2 aromatic rings. The van der Waals surface area contributed by atoms with Crippen LogP contribution in [-0.4, -0.2) is 44.3 Å². The maximum Gasteiger partial charge on any atom is 0.698 e. The quantitative estimate of drug-likeness (QED) is 0.618. The smallest absolute Gasteiger partial charge is 0.385 e. The van der Waals surface area contributed by atoms with Crippen molar-refractivity contribution in [1.29, 1.82) is 0 Å². The Morgan fingerprint density at radius 3 is 3.00 bits per heavy atom. The molecule has 2 aromatic heterocycles. The van der Waals surface area contributed by atoms with Crippen LogP contribution in [0.5, 0.6) is 0 Å². The number of aromatic nitrogens is 3. The lowest BCUT2D eigenvalue weighted by Gasteiger charge is -2.15. The van der Waals surface area contributed by atoms with E-state index in [1.54, 1.807) is 0 Å². The lowest BCUT2D eigenvalue weighted by molar-refractivity contribution is -0.0501. The summed E-state index contributed by atoms with van der Waals surface area (Å²) in [6.07, 6.45) is -1.79. The first-order chi connectivity index (χ1) is 11.9. The Morgan fingerprint density at radius 1 is 1.48 bits per heavy atom. The number of pyridine rings is 1. The zero-order chi connectivity index (χ0) is 17.7. The third kappa shape index (κ3) is 2.87. The Balaban J connectivity index is 1.71. The molecule has 2 fully saturated rings. The molecule has 0 radical (unpaired) electrons. The van der Waals surface area contributed by atoms with E-state index in [1.807, 2.05) is 0 Å². The molecule has 0 bridgehead atoms. The molecule has 4 N–H and O–H groups in total. The number of hydrogen-bond donors (Lipinski definition) is 3. The molecule has 132 valence electrons. The molecule has 6 atom stereocenters. The molecule has 0 amide bonds. The van der Waals surface area contributed by atoms with Gasteiger partial charge in [0.25, 0.3) is 5.56 Å². The molecule has 2 aliphatic heterocycles. The van der Waals surface area contributed by atoms with Crippen molar-refractivity contribution in [2.45, 2.75) is 24.5 Å².